The number of carbonyl (C=O) groups is 3. The molecule has 92 valence electrons. The van der Waals surface area contributed by atoms with Gasteiger partial charge in [-0.2, -0.15) is 0 Å². The van der Waals surface area contributed by atoms with Gasteiger partial charge in [0.2, 0.25) is 11.8 Å². The minimum absolute atomic E-state index is 0.0214. The highest BCUT2D eigenvalue weighted by atomic mass is 16.4. The lowest BCUT2D eigenvalue weighted by Gasteiger charge is -2.19. The van der Waals surface area contributed by atoms with Crippen molar-refractivity contribution in [2.75, 3.05) is 6.54 Å². The van der Waals surface area contributed by atoms with E-state index in [0.29, 0.717) is 11.8 Å². The van der Waals surface area contributed by atoms with Crippen molar-refractivity contribution >= 4 is 17.8 Å². The third-order valence-electron chi connectivity index (χ3n) is 4.56. The van der Waals surface area contributed by atoms with Crippen LogP contribution in [0.1, 0.15) is 25.7 Å². The average Bonchev–Trinajstić information content (AvgIpc) is 2.92. The molecule has 2 bridgehead atoms. The monoisotopic (exact) mass is 236 g/mol. The molecule has 0 spiro atoms. The molecule has 3 fully saturated rings. The molecule has 0 aromatic heterocycles. The summed E-state index contributed by atoms with van der Waals surface area (Å²) < 4.78 is 0. The largest absolute Gasteiger partial charge is 0.550 e. The van der Waals surface area contributed by atoms with Crippen molar-refractivity contribution < 1.29 is 19.5 Å². The molecule has 1 saturated heterocycles. The van der Waals surface area contributed by atoms with Gasteiger partial charge in [-0.1, -0.05) is 0 Å². The first-order valence-electron chi connectivity index (χ1n) is 6.14. The van der Waals surface area contributed by atoms with Gasteiger partial charge in [-0.25, -0.2) is 0 Å². The first-order valence-corrected chi connectivity index (χ1v) is 6.14. The fourth-order valence-electron chi connectivity index (χ4n) is 3.89. The third kappa shape index (κ3) is 1.41. The van der Waals surface area contributed by atoms with E-state index in [0.717, 1.165) is 24.2 Å². The molecule has 2 saturated carbocycles. The van der Waals surface area contributed by atoms with Gasteiger partial charge in [0.05, 0.1) is 11.8 Å². The Hall–Kier alpha value is -1.39. The summed E-state index contributed by atoms with van der Waals surface area (Å²) >= 11 is 0. The number of rotatable bonds is 3. The van der Waals surface area contributed by atoms with Gasteiger partial charge in [-0.15, -0.1) is 0 Å². The number of fused-ring (bicyclic) bond motifs is 5. The lowest BCUT2D eigenvalue weighted by Crippen LogP contribution is -2.36. The minimum Gasteiger partial charge on any atom is -0.550 e. The first kappa shape index (κ1) is 10.7. The molecule has 5 heteroatoms. The molecule has 0 radical (unpaired) electrons. The summed E-state index contributed by atoms with van der Waals surface area (Å²) in [4.78, 5) is 35.7. The molecule has 1 heterocycles. The summed E-state index contributed by atoms with van der Waals surface area (Å²) in [6, 6.07) is 0. The van der Waals surface area contributed by atoms with Crippen LogP contribution in [0.3, 0.4) is 0 Å². The number of amides is 2. The smallest absolute Gasteiger partial charge is 0.233 e. The number of carboxylic acid groups (broad SMARTS) is 1. The predicted molar refractivity (Wildman–Crippen MR) is 54.2 cm³/mol. The van der Waals surface area contributed by atoms with Crippen LogP contribution in [0.5, 0.6) is 0 Å². The highest BCUT2D eigenvalue weighted by Gasteiger charge is 2.60. The van der Waals surface area contributed by atoms with E-state index in [2.05, 4.69) is 0 Å². The summed E-state index contributed by atoms with van der Waals surface area (Å²) in [5.74, 6) is -1.10. The first-order chi connectivity index (χ1) is 8.09. The molecule has 0 aromatic carbocycles. The third-order valence-corrected chi connectivity index (χ3v) is 4.56. The number of aliphatic carboxylic acids is 1. The summed E-state index contributed by atoms with van der Waals surface area (Å²) in [7, 11) is 0. The molecule has 3 aliphatic rings. The molecular weight excluding hydrogens is 222 g/mol. The molecule has 17 heavy (non-hydrogen) atoms. The Morgan fingerprint density at radius 1 is 1.18 bits per heavy atom. The number of carboxylic acids is 1. The molecule has 4 atom stereocenters. The van der Waals surface area contributed by atoms with Crippen molar-refractivity contribution in [2.24, 2.45) is 23.7 Å². The number of carbonyl (C=O) groups excluding carboxylic acids is 3. The number of likely N-dealkylation sites (tertiary alicyclic amines) is 1. The molecule has 0 N–H and O–H groups in total. The van der Waals surface area contributed by atoms with Gasteiger partial charge < -0.3 is 9.90 Å². The van der Waals surface area contributed by atoms with Crippen molar-refractivity contribution in [1.82, 2.24) is 4.90 Å². The number of hydrogen-bond acceptors (Lipinski definition) is 4. The van der Waals surface area contributed by atoms with Crippen LogP contribution >= 0.6 is 0 Å². The van der Waals surface area contributed by atoms with Crippen LogP contribution in [0.2, 0.25) is 0 Å². The SMILES string of the molecule is O=C([O-])CCN1C(=O)C2C3CCC(C3)C2C1=O. The van der Waals surface area contributed by atoms with Crippen LogP contribution in [-0.2, 0) is 14.4 Å². The zero-order chi connectivity index (χ0) is 12.2. The van der Waals surface area contributed by atoms with E-state index in [1.54, 1.807) is 0 Å². The van der Waals surface area contributed by atoms with E-state index in [4.69, 9.17) is 0 Å². The van der Waals surface area contributed by atoms with Crippen LogP contribution in [-0.4, -0.2) is 29.2 Å². The van der Waals surface area contributed by atoms with E-state index in [1.807, 2.05) is 0 Å². The van der Waals surface area contributed by atoms with E-state index in [1.165, 1.54) is 0 Å². The standard InChI is InChI=1S/C12H15NO4/c14-8(15)3-4-13-11(16)9-6-1-2-7(5-6)10(9)12(13)17/h6-7,9-10H,1-5H2,(H,14,15)/p-1. The number of imide groups is 1. The van der Waals surface area contributed by atoms with Crippen LogP contribution in [0, 0.1) is 23.7 Å². The second-order valence-corrected chi connectivity index (χ2v) is 5.33. The maximum absolute atomic E-state index is 12.1. The van der Waals surface area contributed by atoms with Crippen molar-refractivity contribution in [1.29, 1.82) is 0 Å². The number of nitrogens with zero attached hydrogens (tertiary/aromatic N) is 1. The minimum atomic E-state index is -1.22. The Balaban J connectivity index is 1.78. The second-order valence-electron chi connectivity index (χ2n) is 5.33. The van der Waals surface area contributed by atoms with Crippen LogP contribution in [0.15, 0.2) is 0 Å². The Morgan fingerprint density at radius 3 is 2.18 bits per heavy atom. The van der Waals surface area contributed by atoms with Crippen LogP contribution in [0.25, 0.3) is 0 Å². The van der Waals surface area contributed by atoms with Crippen molar-refractivity contribution in [3.05, 3.63) is 0 Å². The zero-order valence-electron chi connectivity index (χ0n) is 9.43. The maximum Gasteiger partial charge on any atom is 0.233 e. The van der Waals surface area contributed by atoms with Gasteiger partial charge in [0.25, 0.3) is 0 Å². The maximum atomic E-state index is 12.1. The van der Waals surface area contributed by atoms with E-state index >= 15 is 0 Å². The molecular formula is C12H14NO4-. The Bertz CT molecular complexity index is 377. The van der Waals surface area contributed by atoms with Crippen molar-refractivity contribution in [3.63, 3.8) is 0 Å². The summed E-state index contributed by atoms with van der Waals surface area (Å²) in [5, 5.41) is 10.4. The second kappa shape index (κ2) is 3.55. The van der Waals surface area contributed by atoms with Crippen LogP contribution in [0.4, 0.5) is 0 Å². The van der Waals surface area contributed by atoms with Gasteiger partial charge in [0.15, 0.2) is 0 Å². The fourth-order valence-corrected chi connectivity index (χ4v) is 3.89. The lowest BCUT2D eigenvalue weighted by molar-refractivity contribution is -0.305. The molecule has 2 aliphatic carbocycles. The van der Waals surface area contributed by atoms with Gasteiger partial charge in [-0.3, -0.25) is 14.5 Å². The highest BCUT2D eigenvalue weighted by Crippen LogP contribution is 2.56. The van der Waals surface area contributed by atoms with Gasteiger partial charge in [0.1, 0.15) is 0 Å². The molecule has 1 aliphatic heterocycles. The Morgan fingerprint density at radius 2 is 1.71 bits per heavy atom. The predicted octanol–water partition coefficient (Wildman–Crippen LogP) is -0.842. The van der Waals surface area contributed by atoms with E-state index in [9.17, 15) is 19.5 Å². The molecule has 5 nitrogen and oxygen atoms in total. The summed E-state index contributed by atoms with van der Waals surface area (Å²) in [6.07, 6.45) is 2.83. The zero-order valence-corrected chi connectivity index (χ0v) is 9.43. The van der Waals surface area contributed by atoms with Gasteiger partial charge in [0, 0.05) is 18.9 Å². The quantitative estimate of drug-likeness (QED) is 0.598. The Labute approximate surface area is 98.8 Å². The molecule has 2 amide bonds. The number of hydrogen-bond donors (Lipinski definition) is 0. The molecule has 4 unspecified atom stereocenters. The average molecular weight is 236 g/mol. The van der Waals surface area contributed by atoms with Crippen molar-refractivity contribution in [2.45, 2.75) is 25.7 Å². The van der Waals surface area contributed by atoms with E-state index < -0.39 is 5.97 Å². The Kier molecular flexibility index (Phi) is 2.24. The van der Waals surface area contributed by atoms with E-state index in [-0.39, 0.29) is 36.6 Å². The normalized spacial score (nSPS) is 38.9. The topological polar surface area (TPSA) is 77.5 Å². The van der Waals surface area contributed by atoms with Gasteiger partial charge in [-0.05, 0) is 31.1 Å². The molecule has 0 aromatic rings. The molecule has 3 rings (SSSR count). The highest BCUT2D eigenvalue weighted by molar-refractivity contribution is 6.06. The van der Waals surface area contributed by atoms with Crippen LogP contribution < -0.4 is 5.11 Å². The summed E-state index contributed by atoms with van der Waals surface area (Å²) in [5.41, 5.74) is 0. The lowest BCUT2D eigenvalue weighted by atomic mass is 9.81. The fraction of sp³-hybridized carbons (Fsp3) is 0.750. The van der Waals surface area contributed by atoms with Gasteiger partial charge >= 0.3 is 0 Å². The van der Waals surface area contributed by atoms with Crippen molar-refractivity contribution in [3.8, 4) is 0 Å². The summed E-state index contributed by atoms with van der Waals surface area (Å²) in [6.45, 7) is -0.0214.